The van der Waals surface area contributed by atoms with Gasteiger partial charge >= 0.3 is 5.69 Å². The molecule has 0 saturated carbocycles. The molecular formula is C10H13N3O6. The predicted molar refractivity (Wildman–Crippen MR) is 61.1 cm³/mol. The minimum atomic E-state index is -2.05. The summed E-state index contributed by atoms with van der Waals surface area (Å²) in [6.07, 6.45) is -1.79. The lowest BCUT2D eigenvalue weighted by Gasteiger charge is -2.27. The number of nitrogens with one attached hydrogen (secondary N) is 1. The lowest BCUT2D eigenvalue weighted by atomic mass is 10.0. The molecule has 1 amide bonds. The average Bonchev–Trinajstić information content (AvgIpc) is 2.57. The molecule has 3 atom stereocenters. The number of amides is 1. The van der Waals surface area contributed by atoms with E-state index < -0.39 is 41.7 Å². The molecule has 2 unspecified atom stereocenters. The van der Waals surface area contributed by atoms with Gasteiger partial charge in [0.05, 0.1) is 19.1 Å². The van der Waals surface area contributed by atoms with Crippen LogP contribution in [-0.4, -0.2) is 44.5 Å². The van der Waals surface area contributed by atoms with E-state index in [1.807, 2.05) is 4.98 Å². The Labute approximate surface area is 106 Å². The third-order valence-corrected chi connectivity index (χ3v) is 2.98. The topological polar surface area (TPSA) is 148 Å². The van der Waals surface area contributed by atoms with Gasteiger partial charge in [-0.2, -0.15) is 0 Å². The van der Waals surface area contributed by atoms with E-state index >= 15 is 0 Å². The lowest BCUT2D eigenvalue weighted by molar-refractivity contribution is -0.124. The van der Waals surface area contributed by atoms with Gasteiger partial charge in [-0.3, -0.25) is 19.1 Å². The number of nitrogens with two attached hydrogens (primary N) is 1. The number of nitrogens with zero attached hydrogens (tertiary/aromatic N) is 1. The molecule has 1 aliphatic heterocycles. The molecule has 1 aliphatic rings. The molecule has 0 radical (unpaired) electrons. The number of carbonyl (C=O) groups excluding carboxylic acids is 1. The van der Waals surface area contributed by atoms with Crippen molar-refractivity contribution in [3.63, 3.8) is 0 Å². The van der Waals surface area contributed by atoms with Crippen LogP contribution in [0.4, 0.5) is 0 Å². The number of hydrogen-bond acceptors (Lipinski definition) is 6. The first-order valence-corrected chi connectivity index (χ1v) is 5.47. The standard InChI is InChI=1S/C10H13N3O6/c11-6(14)3-5-8(16)10(18,4-19-5)13-2-1-7(15)12-9(13)17/h1-2,5,8,16,18H,3-4H2,(H2,11,14)(H,12,15,17)/t5-,8?,10?/m1/s1. The number of ether oxygens (including phenoxy) is 1. The number of aliphatic hydroxyl groups is 2. The molecule has 0 bridgehead atoms. The summed E-state index contributed by atoms with van der Waals surface area (Å²) < 4.78 is 5.83. The molecule has 0 aromatic carbocycles. The largest absolute Gasteiger partial charge is 0.385 e. The van der Waals surface area contributed by atoms with E-state index in [9.17, 15) is 24.6 Å². The summed E-state index contributed by atoms with van der Waals surface area (Å²) >= 11 is 0. The quantitative estimate of drug-likeness (QED) is 0.455. The van der Waals surface area contributed by atoms with Crippen molar-refractivity contribution in [2.24, 2.45) is 5.73 Å². The van der Waals surface area contributed by atoms with E-state index in [0.717, 1.165) is 16.8 Å². The van der Waals surface area contributed by atoms with Crippen LogP contribution in [0.15, 0.2) is 21.9 Å². The minimum Gasteiger partial charge on any atom is -0.385 e. The first-order chi connectivity index (χ1) is 8.84. The number of primary amides is 1. The van der Waals surface area contributed by atoms with Crippen LogP contribution in [-0.2, 0) is 15.3 Å². The molecule has 19 heavy (non-hydrogen) atoms. The minimum absolute atomic E-state index is 0.290. The van der Waals surface area contributed by atoms with Gasteiger partial charge in [0.2, 0.25) is 5.91 Å². The van der Waals surface area contributed by atoms with Crippen LogP contribution in [0, 0.1) is 0 Å². The zero-order valence-electron chi connectivity index (χ0n) is 9.78. The molecule has 1 aromatic rings. The maximum atomic E-state index is 11.6. The Hall–Kier alpha value is -1.97. The summed E-state index contributed by atoms with van der Waals surface area (Å²) in [5, 5.41) is 20.3. The summed E-state index contributed by atoms with van der Waals surface area (Å²) in [6, 6.07) is 1.02. The molecule has 5 N–H and O–H groups in total. The third-order valence-electron chi connectivity index (χ3n) is 2.98. The van der Waals surface area contributed by atoms with Gasteiger partial charge in [0.1, 0.15) is 6.10 Å². The smallest absolute Gasteiger partial charge is 0.330 e. The van der Waals surface area contributed by atoms with Gasteiger partial charge in [-0.15, -0.1) is 0 Å². The molecule has 104 valence electrons. The van der Waals surface area contributed by atoms with Crippen LogP contribution in [0.25, 0.3) is 0 Å². The summed E-state index contributed by atoms with van der Waals surface area (Å²) in [5.74, 6) is -0.706. The summed E-state index contributed by atoms with van der Waals surface area (Å²) in [4.78, 5) is 35.3. The third kappa shape index (κ3) is 2.30. The van der Waals surface area contributed by atoms with Gasteiger partial charge in [0.15, 0.2) is 5.72 Å². The highest BCUT2D eigenvalue weighted by atomic mass is 16.5. The number of aliphatic hydroxyl groups excluding tert-OH is 1. The van der Waals surface area contributed by atoms with Gasteiger partial charge in [-0.05, 0) is 0 Å². The second-order valence-corrected chi connectivity index (χ2v) is 4.32. The van der Waals surface area contributed by atoms with Crippen LogP contribution >= 0.6 is 0 Å². The zero-order chi connectivity index (χ0) is 14.2. The number of aromatic nitrogens is 2. The normalized spacial score (nSPS) is 30.4. The maximum Gasteiger partial charge on any atom is 0.330 e. The zero-order valence-corrected chi connectivity index (χ0v) is 9.78. The highest BCUT2D eigenvalue weighted by molar-refractivity contribution is 5.74. The van der Waals surface area contributed by atoms with E-state index in [1.165, 1.54) is 0 Å². The number of H-pyrrole nitrogens is 1. The van der Waals surface area contributed by atoms with Crippen molar-refractivity contribution in [1.29, 1.82) is 0 Å². The fourth-order valence-corrected chi connectivity index (χ4v) is 2.01. The maximum absolute atomic E-state index is 11.6. The molecule has 0 aliphatic carbocycles. The van der Waals surface area contributed by atoms with Crippen LogP contribution in [0.1, 0.15) is 6.42 Å². The second kappa shape index (κ2) is 4.61. The Balaban J connectivity index is 2.36. The number of aromatic amines is 1. The van der Waals surface area contributed by atoms with Gasteiger partial charge in [0.25, 0.3) is 5.56 Å². The first-order valence-electron chi connectivity index (χ1n) is 5.47. The Morgan fingerprint density at radius 3 is 2.89 bits per heavy atom. The molecule has 1 fully saturated rings. The highest BCUT2D eigenvalue weighted by Gasteiger charge is 2.50. The van der Waals surface area contributed by atoms with Crippen LogP contribution in [0.2, 0.25) is 0 Å². The van der Waals surface area contributed by atoms with Crippen molar-refractivity contribution >= 4 is 5.91 Å². The fraction of sp³-hybridized carbons (Fsp3) is 0.500. The molecule has 9 heteroatoms. The van der Waals surface area contributed by atoms with Crippen molar-refractivity contribution in [2.75, 3.05) is 6.61 Å². The number of hydrogen-bond donors (Lipinski definition) is 4. The average molecular weight is 271 g/mol. The SMILES string of the molecule is NC(=O)C[C@H]1OCC(O)(n2ccc(=O)[nH]c2=O)C1O. The Morgan fingerprint density at radius 2 is 2.32 bits per heavy atom. The van der Waals surface area contributed by atoms with Crippen LogP contribution < -0.4 is 17.0 Å². The molecule has 2 rings (SSSR count). The first kappa shape index (κ1) is 13.5. The van der Waals surface area contributed by atoms with Crippen molar-refractivity contribution in [2.45, 2.75) is 24.4 Å². The predicted octanol–water partition coefficient (Wildman–Crippen LogP) is -3.18. The van der Waals surface area contributed by atoms with E-state index in [1.54, 1.807) is 0 Å². The van der Waals surface area contributed by atoms with Gasteiger partial charge < -0.3 is 20.7 Å². The highest BCUT2D eigenvalue weighted by Crippen LogP contribution is 2.29. The van der Waals surface area contributed by atoms with Crippen molar-refractivity contribution < 1.29 is 19.7 Å². The Kier molecular flexibility index (Phi) is 3.27. The van der Waals surface area contributed by atoms with E-state index in [-0.39, 0.29) is 6.42 Å². The van der Waals surface area contributed by atoms with Crippen molar-refractivity contribution in [1.82, 2.24) is 9.55 Å². The number of rotatable bonds is 3. The van der Waals surface area contributed by atoms with E-state index in [4.69, 9.17) is 10.5 Å². The molecule has 1 aromatic heterocycles. The van der Waals surface area contributed by atoms with Crippen LogP contribution in [0.3, 0.4) is 0 Å². The Bertz CT molecular complexity index is 608. The van der Waals surface area contributed by atoms with Crippen molar-refractivity contribution in [3.05, 3.63) is 33.1 Å². The van der Waals surface area contributed by atoms with Crippen LogP contribution in [0.5, 0.6) is 0 Å². The monoisotopic (exact) mass is 271 g/mol. The molecule has 2 heterocycles. The van der Waals surface area contributed by atoms with E-state index in [2.05, 4.69) is 0 Å². The summed E-state index contributed by atoms with van der Waals surface area (Å²) in [5.41, 5.74) is 1.41. The Morgan fingerprint density at radius 1 is 1.63 bits per heavy atom. The lowest BCUT2D eigenvalue weighted by Crippen LogP contribution is -2.52. The van der Waals surface area contributed by atoms with Gasteiger partial charge in [-0.25, -0.2) is 4.79 Å². The number of carbonyl (C=O) groups is 1. The van der Waals surface area contributed by atoms with Gasteiger partial charge in [-0.1, -0.05) is 0 Å². The van der Waals surface area contributed by atoms with Crippen molar-refractivity contribution in [3.8, 4) is 0 Å². The molecule has 1 saturated heterocycles. The fourth-order valence-electron chi connectivity index (χ4n) is 2.01. The molecule has 9 nitrogen and oxygen atoms in total. The van der Waals surface area contributed by atoms with Gasteiger partial charge in [0, 0.05) is 12.3 Å². The molecular weight excluding hydrogens is 258 g/mol. The molecule has 0 spiro atoms. The second-order valence-electron chi connectivity index (χ2n) is 4.32. The summed E-state index contributed by atoms with van der Waals surface area (Å²) in [7, 11) is 0. The summed E-state index contributed by atoms with van der Waals surface area (Å²) in [6.45, 7) is -0.405. The van der Waals surface area contributed by atoms with E-state index in [0.29, 0.717) is 0 Å².